The van der Waals surface area contributed by atoms with E-state index in [0.29, 0.717) is 31.6 Å². The molecule has 2 heterocycles. The number of hydrogen-bond acceptors (Lipinski definition) is 5. The normalized spacial score (nSPS) is 17.6. The van der Waals surface area contributed by atoms with E-state index in [9.17, 15) is 8.42 Å². The maximum Gasteiger partial charge on any atom is 0.215 e. The van der Waals surface area contributed by atoms with Crippen molar-refractivity contribution in [1.29, 1.82) is 0 Å². The lowest BCUT2D eigenvalue weighted by Crippen LogP contribution is -2.46. The Hall–Kier alpha value is -0.430. The summed E-state index contributed by atoms with van der Waals surface area (Å²) < 4.78 is 26.2. The van der Waals surface area contributed by atoms with E-state index in [-0.39, 0.29) is 29.7 Å². The van der Waals surface area contributed by atoms with Crippen LogP contribution in [0, 0.1) is 5.92 Å². The molecule has 1 aromatic rings. The Morgan fingerprint density at radius 1 is 1.30 bits per heavy atom. The third kappa shape index (κ3) is 8.25. The summed E-state index contributed by atoms with van der Waals surface area (Å²) in [6, 6.07) is 4.60. The Labute approximate surface area is 203 Å². The van der Waals surface area contributed by atoms with E-state index in [4.69, 9.17) is 0 Å². The van der Waals surface area contributed by atoms with Gasteiger partial charge in [0, 0.05) is 38.1 Å². The molecular formula is C20H38IN5O2S2. The number of hydrogen-bond donors (Lipinski definition) is 2. The van der Waals surface area contributed by atoms with Crippen LogP contribution in [0.25, 0.3) is 0 Å². The summed E-state index contributed by atoms with van der Waals surface area (Å²) in [6.07, 6.45) is 2.47. The van der Waals surface area contributed by atoms with Crippen LogP contribution in [0.1, 0.15) is 44.5 Å². The Bertz CT molecular complexity index is 716. The molecule has 2 rings (SSSR count). The third-order valence-electron chi connectivity index (χ3n) is 5.57. The van der Waals surface area contributed by atoms with E-state index in [0.717, 1.165) is 25.6 Å². The highest BCUT2D eigenvalue weighted by Crippen LogP contribution is 2.29. The van der Waals surface area contributed by atoms with Crippen LogP contribution in [0.5, 0.6) is 0 Å². The van der Waals surface area contributed by atoms with Gasteiger partial charge >= 0.3 is 0 Å². The highest BCUT2D eigenvalue weighted by Gasteiger charge is 2.25. The van der Waals surface area contributed by atoms with Gasteiger partial charge in [-0.1, -0.05) is 26.8 Å². The molecule has 0 amide bonds. The van der Waals surface area contributed by atoms with Gasteiger partial charge in [-0.2, -0.15) is 0 Å². The fourth-order valence-corrected chi connectivity index (χ4v) is 5.96. The van der Waals surface area contributed by atoms with Crippen molar-refractivity contribution in [3.05, 3.63) is 22.4 Å². The lowest BCUT2D eigenvalue weighted by molar-refractivity contribution is 0.140. The molecule has 1 unspecified atom stereocenters. The zero-order valence-electron chi connectivity index (χ0n) is 18.6. The Balaban J connectivity index is 0.00000450. The summed E-state index contributed by atoms with van der Waals surface area (Å²) in [5, 5.41) is 8.69. The molecule has 0 aliphatic carbocycles. The van der Waals surface area contributed by atoms with Gasteiger partial charge in [0.25, 0.3) is 0 Å². The summed E-state index contributed by atoms with van der Waals surface area (Å²) >= 11 is 1.79. The summed E-state index contributed by atoms with van der Waals surface area (Å²) in [5.74, 6) is 1.50. The maximum absolute atomic E-state index is 12.3. The predicted octanol–water partition coefficient (Wildman–Crippen LogP) is 2.98. The molecule has 1 saturated heterocycles. The third-order valence-corrected chi connectivity index (χ3v) is 8.57. The van der Waals surface area contributed by atoms with Gasteiger partial charge < -0.3 is 10.6 Å². The van der Waals surface area contributed by atoms with Gasteiger partial charge in [-0.25, -0.2) is 12.7 Å². The van der Waals surface area contributed by atoms with Crippen molar-refractivity contribution in [3.8, 4) is 0 Å². The number of rotatable bonds is 10. The van der Waals surface area contributed by atoms with Crippen molar-refractivity contribution < 1.29 is 8.42 Å². The second-order valence-corrected chi connectivity index (χ2v) is 10.6. The number of nitrogens with zero attached hydrogens (tertiary/aromatic N) is 3. The summed E-state index contributed by atoms with van der Waals surface area (Å²) in [5.41, 5.74) is 0. The van der Waals surface area contributed by atoms with E-state index in [1.165, 1.54) is 22.0 Å². The molecule has 10 heteroatoms. The van der Waals surface area contributed by atoms with Gasteiger partial charge in [-0.15, -0.1) is 35.3 Å². The van der Waals surface area contributed by atoms with Crippen molar-refractivity contribution >= 4 is 51.3 Å². The van der Waals surface area contributed by atoms with Crippen LogP contribution >= 0.6 is 35.3 Å². The van der Waals surface area contributed by atoms with Crippen LogP contribution in [0.15, 0.2) is 22.5 Å². The molecule has 2 N–H and O–H groups in total. The minimum atomic E-state index is -3.23. The molecule has 1 aromatic heterocycles. The maximum atomic E-state index is 12.3. The minimum absolute atomic E-state index is 0. The van der Waals surface area contributed by atoms with E-state index in [1.54, 1.807) is 18.4 Å². The fraction of sp³-hybridized carbons (Fsp3) is 0.750. The molecule has 1 atom stereocenters. The van der Waals surface area contributed by atoms with E-state index in [2.05, 4.69) is 45.0 Å². The van der Waals surface area contributed by atoms with Crippen LogP contribution in [0.4, 0.5) is 0 Å². The summed E-state index contributed by atoms with van der Waals surface area (Å²) in [7, 11) is -1.51. The average molecular weight is 572 g/mol. The van der Waals surface area contributed by atoms with Gasteiger partial charge in [-0.05, 0) is 43.3 Å². The van der Waals surface area contributed by atoms with Crippen molar-refractivity contribution in [2.24, 2.45) is 10.9 Å². The van der Waals surface area contributed by atoms with Crippen LogP contribution in [0.3, 0.4) is 0 Å². The molecule has 174 valence electrons. The van der Waals surface area contributed by atoms with Crippen molar-refractivity contribution in [3.63, 3.8) is 0 Å². The number of guanidine groups is 1. The second-order valence-electron chi connectivity index (χ2n) is 7.53. The molecular weight excluding hydrogens is 533 g/mol. The second kappa shape index (κ2) is 13.9. The molecule has 30 heavy (non-hydrogen) atoms. The summed E-state index contributed by atoms with van der Waals surface area (Å²) in [6.45, 7) is 10.4. The SMILES string of the molecule is CCN(CC)S(=O)(=O)CCNC(=NC)NCC(c1cccs1)N1CCC(C)CC1.I. The van der Waals surface area contributed by atoms with Gasteiger partial charge in [0.1, 0.15) is 0 Å². The highest BCUT2D eigenvalue weighted by atomic mass is 127. The van der Waals surface area contributed by atoms with Crippen molar-refractivity contribution in [2.45, 2.75) is 39.7 Å². The molecule has 1 aliphatic rings. The van der Waals surface area contributed by atoms with Crippen molar-refractivity contribution in [1.82, 2.24) is 19.8 Å². The fourth-order valence-electron chi connectivity index (χ4n) is 3.69. The van der Waals surface area contributed by atoms with Gasteiger partial charge in [0.05, 0.1) is 11.8 Å². The quantitative estimate of drug-likeness (QED) is 0.257. The number of thiophene rings is 1. The number of likely N-dealkylation sites (tertiary alicyclic amines) is 1. The first kappa shape index (κ1) is 27.6. The summed E-state index contributed by atoms with van der Waals surface area (Å²) in [4.78, 5) is 8.18. The van der Waals surface area contributed by atoms with E-state index >= 15 is 0 Å². The molecule has 0 spiro atoms. The first-order chi connectivity index (χ1) is 13.9. The monoisotopic (exact) mass is 571 g/mol. The van der Waals surface area contributed by atoms with Crippen molar-refractivity contribution in [2.75, 3.05) is 52.1 Å². The standard InChI is InChI=1S/C20H37N5O2S2.HI/c1-5-25(6-2)29(26,27)15-11-22-20(21-4)23-16-18(19-8-7-14-28-19)24-12-9-17(3)10-13-24;/h7-8,14,17-18H,5-6,9-13,15-16H2,1-4H3,(H2,21,22,23);1H. The first-order valence-corrected chi connectivity index (χ1v) is 13.1. The predicted molar refractivity (Wildman–Crippen MR) is 139 cm³/mol. The smallest absolute Gasteiger partial charge is 0.215 e. The molecule has 0 saturated carbocycles. The Morgan fingerprint density at radius 2 is 1.97 bits per heavy atom. The number of piperidine rings is 1. The van der Waals surface area contributed by atoms with Crippen LogP contribution in [-0.2, 0) is 10.0 Å². The first-order valence-electron chi connectivity index (χ1n) is 10.6. The van der Waals surface area contributed by atoms with Gasteiger partial charge in [0.2, 0.25) is 10.0 Å². The number of aliphatic imine (C=N–C) groups is 1. The van der Waals surface area contributed by atoms with Gasteiger partial charge in [-0.3, -0.25) is 9.89 Å². The zero-order valence-corrected chi connectivity index (χ0v) is 22.6. The molecule has 1 aliphatic heterocycles. The molecule has 7 nitrogen and oxygen atoms in total. The minimum Gasteiger partial charge on any atom is -0.355 e. The topological polar surface area (TPSA) is 77.0 Å². The Kier molecular flexibility index (Phi) is 12.8. The van der Waals surface area contributed by atoms with Crippen LogP contribution in [-0.4, -0.2) is 75.7 Å². The average Bonchev–Trinajstić information content (AvgIpc) is 3.23. The number of sulfonamides is 1. The highest BCUT2D eigenvalue weighted by molar-refractivity contribution is 14.0. The van der Waals surface area contributed by atoms with Gasteiger partial charge in [0.15, 0.2) is 5.96 Å². The lowest BCUT2D eigenvalue weighted by atomic mass is 9.97. The number of nitrogens with one attached hydrogen (secondary N) is 2. The van der Waals surface area contributed by atoms with Crippen LogP contribution in [0.2, 0.25) is 0 Å². The molecule has 1 fully saturated rings. The molecule has 0 radical (unpaired) electrons. The lowest BCUT2D eigenvalue weighted by Gasteiger charge is -2.36. The van der Waals surface area contributed by atoms with E-state index < -0.39 is 10.0 Å². The van der Waals surface area contributed by atoms with E-state index in [1.807, 2.05) is 13.8 Å². The largest absolute Gasteiger partial charge is 0.355 e. The van der Waals surface area contributed by atoms with Crippen LogP contribution < -0.4 is 10.6 Å². The molecule has 0 bridgehead atoms. The Morgan fingerprint density at radius 3 is 2.50 bits per heavy atom. The zero-order chi connectivity index (χ0) is 21.3. The number of halogens is 1. The molecule has 0 aromatic carbocycles.